The first-order valence-electron chi connectivity index (χ1n) is 9.53. The Morgan fingerprint density at radius 2 is 2.14 bits per heavy atom. The third kappa shape index (κ3) is 5.28. The predicted molar refractivity (Wildman–Crippen MR) is 112 cm³/mol. The quantitative estimate of drug-likeness (QED) is 0.649. The van der Waals surface area contributed by atoms with Crippen molar-refractivity contribution in [2.75, 3.05) is 33.1 Å². The molecule has 1 aliphatic heterocycles. The topological polar surface area (TPSA) is 68.7 Å². The zero-order valence-corrected chi connectivity index (χ0v) is 17.6. The van der Waals surface area contributed by atoms with E-state index in [1.165, 1.54) is 6.26 Å². The van der Waals surface area contributed by atoms with E-state index in [4.69, 9.17) is 15.9 Å². The minimum absolute atomic E-state index is 0.0924. The Kier molecular flexibility index (Phi) is 6.78. The minimum Gasteiger partial charge on any atom is -0.493 e. The van der Waals surface area contributed by atoms with Crippen LogP contribution in [-0.2, 0) is 16.4 Å². The molecular weight excluding hydrogens is 388 g/mol. The fourth-order valence-electron chi connectivity index (χ4n) is 3.75. The minimum atomic E-state index is -3.31. The van der Waals surface area contributed by atoms with Gasteiger partial charge < -0.3 is 9.47 Å². The Hall–Kier alpha value is -2.56. The summed E-state index contributed by atoms with van der Waals surface area (Å²) in [6.07, 6.45) is 10.1. The molecule has 6 nitrogen and oxygen atoms in total. The van der Waals surface area contributed by atoms with Crippen LogP contribution >= 0.6 is 0 Å². The van der Waals surface area contributed by atoms with Crippen molar-refractivity contribution in [3.05, 3.63) is 47.8 Å². The van der Waals surface area contributed by atoms with E-state index in [-0.39, 0.29) is 12.5 Å². The Labute approximate surface area is 172 Å². The molecule has 0 N–H and O–H groups in total. The van der Waals surface area contributed by atoms with Crippen LogP contribution in [0, 0.1) is 12.3 Å². The van der Waals surface area contributed by atoms with Gasteiger partial charge in [0.15, 0.2) is 21.3 Å². The maximum atomic E-state index is 12.2. The molecule has 2 heterocycles. The largest absolute Gasteiger partial charge is 0.493 e. The van der Waals surface area contributed by atoms with Crippen molar-refractivity contribution in [1.29, 1.82) is 0 Å². The summed E-state index contributed by atoms with van der Waals surface area (Å²) in [7, 11) is -1.70. The van der Waals surface area contributed by atoms with E-state index in [1.54, 1.807) is 25.4 Å². The molecule has 7 heteroatoms. The van der Waals surface area contributed by atoms with Gasteiger partial charge in [0.25, 0.3) is 0 Å². The van der Waals surface area contributed by atoms with Gasteiger partial charge in [-0.25, -0.2) is 8.42 Å². The molecule has 1 aliphatic rings. The lowest BCUT2D eigenvalue weighted by Gasteiger charge is -2.33. The van der Waals surface area contributed by atoms with E-state index in [1.807, 2.05) is 18.2 Å². The number of aromatic nitrogens is 1. The van der Waals surface area contributed by atoms with Crippen LogP contribution in [0.25, 0.3) is 0 Å². The van der Waals surface area contributed by atoms with Gasteiger partial charge in [-0.1, -0.05) is 12.0 Å². The van der Waals surface area contributed by atoms with Crippen LogP contribution in [0.3, 0.4) is 0 Å². The Bertz CT molecular complexity index is 998. The number of rotatable bonds is 7. The van der Waals surface area contributed by atoms with Gasteiger partial charge in [0.2, 0.25) is 0 Å². The molecule has 0 spiro atoms. The molecule has 0 amide bonds. The van der Waals surface area contributed by atoms with Gasteiger partial charge in [-0.3, -0.25) is 9.88 Å². The number of sulfone groups is 1. The first-order valence-corrected chi connectivity index (χ1v) is 11.4. The van der Waals surface area contributed by atoms with Gasteiger partial charge in [-0.15, -0.1) is 6.42 Å². The molecule has 154 valence electrons. The fourth-order valence-corrected chi connectivity index (χ4v) is 4.68. The molecule has 1 fully saturated rings. The first-order chi connectivity index (χ1) is 13.9. The molecule has 0 saturated carbocycles. The van der Waals surface area contributed by atoms with Crippen LogP contribution in [0.15, 0.2) is 41.4 Å². The number of methoxy groups -OCH3 is 1. The average molecular weight is 415 g/mol. The molecule has 1 atom stereocenters. The average Bonchev–Trinajstić information content (AvgIpc) is 2.72. The van der Waals surface area contributed by atoms with E-state index < -0.39 is 9.84 Å². The lowest BCUT2D eigenvalue weighted by atomic mass is 9.94. The number of pyridine rings is 1. The van der Waals surface area contributed by atoms with Gasteiger partial charge in [-0.05, 0) is 49.2 Å². The SMILES string of the molecule is C#CCOc1ccc(CN2CCCC(c3ncccc3S(C)(=O)=O)C2)cc1OC. The van der Waals surface area contributed by atoms with Gasteiger partial charge in [0, 0.05) is 31.5 Å². The molecule has 0 radical (unpaired) electrons. The highest BCUT2D eigenvalue weighted by atomic mass is 32.2. The van der Waals surface area contributed by atoms with Gasteiger partial charge in [-0.2, -0.15) is 0 Å². The summed E-state index contributed by atoms with van der Waals surface area (Å²) < 4.78 is 35.2. The highest BCUT2D eigenvalue weighted by Gasteiger charge is 2.27. The summed E-state index contributed by atoms with van der Waals surface area (Å²) >= 11 is 0. The summed E-state index contributed by atoms with van der Waals surface area (Å²) in [5.41, 5.74) is 1.77. The maximum Gasteiger partial charge on any atom is 0.177 e. The van der Waals surface area contributed by atoms with E-state index in [2.05, 4.69) is 15.8 Å². The fraction of sp³-hybridized carbons (Fsp3) is 0.409. The van der Waals surface area contributed by atoms with Crippen molar-refractivity contribution in [2.45, 2.75) is 30.2 Å². The van der Waals surface area contributed by atoms with Crippen LogP contribution in [0.2, 0.25) is 0 Å². The molecule has 1 aromatic heterocycles. The highest BCUT2D eigenvalue weighted by Crippen LogP contribution is 2.32. The molecule has 3 rings (SSSR count). The summed E-state index contributed by atoms with van der Waals surface area (Å²) in [4.78, 5) is 7.08. The molecule has 0 bridgehead atoms. The Balaban J connectivity index is 1.75. The van der Waals surface area contributed by atoms with Gasteiger partial charge in [0.05, 0.1) is 17.7 Å². The molecule has 1 aromatic carbocycles. The van der Waals surface area contributed by atoms with Crippen molar-refractivity contribution in [3.8, 4) is 23.8 Å². The highest BCUT2D eigenvalue weighted by molar-refractivity contribution is 7.90. The summed E-state index contributed by atoms with van der Waals surface area (Å²) in [5, 5.41) is 0. The number of hydrogen-bond acceptors (Lipinski definition) is 6. The zero-order valence-electron chi connectivity index (χ0n) is 16.8. The van der Waals surface area contributed by atoms with E-state index in [9.17, 15) is 8.42 Å². The standard InChI is InChI=1S/C22H26N2O4S/c1-4-13-28-19-10-9-17(14-20(19)27-2)15-24-12-6-7-18(16-24)22-21(29(3,25)26)8-5-11-23-22/h1,5,8-11,14,18H,6-7,12-13,15-16H2,2-3H3. The second-order valence-electron chi connectivity index (χ2n) is 7.21. The van der Waals surface area contributed by atoms with Crippen molar-refractivity contribution in [1.82, 2.24) is 9.88 Å². The number of likely N-dealkylation sites (tertiary alicyclic amines) is 1. The molecule has 0 aliphatic carbocycles. The van der Waals surface area contributed by atoms with E-state index in [0.29, 0.717) is 22.1 Å². The zero-order chi connectivity index (χ0) is 20.9. The van der Waals surface area contributed by atoms with E-state index >= 15 is 0 Å². The molecular formula is C22H26N2O4S. The summed E-state index contributed by atoms with van der Waals surface area (Å²) in [5.74, 6) is 3.81. The summed E-state index contributed by atoms with van der Waals surface area (Å²) in [6, 6.07) is 9.15. The van der Waals surface area contributed by atoms with Crippen molar-refractivity contribution >= 4 is 9.84 Å². The number of terminal acetylenes is 1. The van der Waals surface area contributed by atoms with Gasteiger partial charge >= 0.3 is 0 Å². The predicted octanol–water partition coefficient (Wildman–Crippen LogP) is 2.89. The van der Waals surface area contributed by atoms with Crippen LogP contribution in [-0.4, -0.2) is 51.4 Å². The van der Waals surface area contributed by atoms with Crippen molar-refractivity contribution in [2.24, 2.45) is 0 Å². The molecule has 29 heavy (non-hydrogen) atoms. The van der Waals surface area contributed by atoms with Crippen molar-refractivity contribution in [3.63, 3.8) is 0 Å². The smallest absolute Gasteiger partial charge is 0.177 e. The van der Waals surface area contributed by atoms with Crippen molar-refractivity contribution < 1.29 is 17.9 Å². The van der Waals surface area contributed by atoms with E-state index in [0.717, 1.165) is 38.0 Å². The Morgan fingerprint density at radius 3 is 2.86 bits per heavy atom. The summed E-state index contributed by atoms with van der Waals surface area (Å²) in [6.45, 7) is 2.64. The normalized spacial score (nSPS) is 17.5. The third-order valence-corrected chi connectivity index (χ3v) is 6.18. The number of nitrogens with zero attached hydrogens (tertiary/aromatic N) is 2. The lowest BCUT2D eigenvalue weighted by molar-refractivity contribution is 0.197. The van der Waals surface area contributed by atoms with Gasteiger partial charge in [0.1, 0.15) is 6.61 Å². The molecule has 1 unspecified atom stereocenters. The third-order valence-electron chi connectivity index (χ3n) is 5.04. The van der Waals surface area contributed by atoms with Crippen LogP contribution in [0.5, 0.6) is 11.5 Å². The molecule has 1 saturated heterocycles. The second kappa shape index (κ2) is 9.29. The van der Waals surface area contributed by atoms with Crippen LogP contribution in [0.1, 0.15) is 30.0 Å². The molecule has 2 aromatic rings. The second-order valence-corrected chi connectivity index (χ2v) is 9.20. The number of hydrogen-bond donors (Lipinski definition) is 0. The number of benzene rings is 1. The van der Waals surface area contributed by atoms with Crippen LogP contribution in [0.4, 0.5) is 0 Å². The Morgan fingerprint density at radius 1 is 1.31 bits per heavy atom. The monoisotopic (exact) mass is 414 g/mol. The maximum absolute atomic E-state index is 12.2. The number of piperidine rings is 1. The first kappa shape index (κ1) is 21.2. The lowest BCUT2D eigenvalue weighted by Crippen LogP contribution is -2.34. The number of ether oxygens (including phenoxy) is 2. The van der Waals surface area contributed by atoms with Crippen LogP contribution < -0.4 is 9.47 Å².